The van der Waals surface area contributed by atoms with Crippen molar-refractivity contribution in [3.05, 3.63) is 29.8 Å². The van der Waals surface area contributed by atoms with Crippen molar-refractivity contribution in [2.24, 2.45) is 4.99 Å². The van der Waals surface area contributed by atoms with Crippen LogP contribution in [0.1, 0.15) is 50.6 Å². The van der Waals surface area contributed by atoms with Gasteiger partial charge in [-0.25, -0.2) is 0 Å². The average Bonchev–Trinajstić information content (AvgIpc) is 2.80. The molecule has 20 heavy (non-hydrogen) atoms. The number of nitrogens with one attached hydrogen (secondary N) is 1. The van der Waals surface area contributed by atoms with E-state index in [-0.39, 0.29) is 6.17 Å². The maximum absolute atomic E-state index is 5.16. The van der Waals surface area contributed by atoms with Gasteiger partial charge in [0.25, 0.3) is 0 Å². The first-order valence-corrected chi connectivity index (χ1v) is 8.06. The van der Waals surface area contributed by atoms with Crippen molar-refractivity contribution in [2.45, 2.75) is 57.3 Å². The van der Waals surface area contributed by atoms with E-state index in [4.69, 9.17) is 4.99 Å². The number of hydrogen-bond acceptors (Lipinski definition) is 3. The van der Waals surface area contributed by atoms with Crippen LogP contribution in [0, 0.1) is 0 Å². The fourth-order valence-electron chi connectivity index (χ4n) is 4.02. The van der Waals surface area contributed by atoms with E-state index in [2.05, 4.69) is 41.4 Å². The van der Waals surface area contributed by atoms with E-state index in [1.807, 2.05) is 0 Å². The lowest BCUT2D eigenvalue weighted by atomic mass is 9.90. The molecule has 2 aliphatic heterocycles. The summed E-state index contributed by atoms with van der Waals surface area (Å²) in [6, 6.07) is 9.77. The van der Waals surface area contributed by atoms with Crippen LogP contribution in [0.25, 0.3) is 0 Å². The first kappa shape index (κ1) is 12.4. The SMILES string of the molecule is CCCN1c2ccccc2C2NC3CCCCC3=NC21. The van der Waals surface area contributed by atoms with E-state index in [0.29, 0.717) is 12.1 Å². The lowest BCUT2D eigenvalue weighted by Crippen LogP contribution is -2.51. The third-order valence-electron chi connectivity index (χ3n) is 4.92. The maximum Gasteiger partial charge on any atom is 0.140 e. The van der Waals surface area contributed by atoms with Crippen LogP contribution in [0.15, 0.2) is 29.3 Å². The molecule has 1 aromatic carbocycles. The minimum absolute atomic E-state index is 0.289. The van der Waals surface area contributed by atoms with Crippen LogP contribution < -0.4 is 10.2 Å². The molecule has 1 fully saturated rings. The highest BCUT2D eigenvalue weighted by Gasteiger charge is 2.42. The Bertz CT molecular complexity index is 537. The Morgan fingerprint density at radius 2 is 2.20 bits per heavy atom. The molecule has 1 N–H and O–H groups in total. The normalized spacial score (nSPS) is 31.4. The molecular weight excluding hydrogens is 246 g/mol. The highest BCUT2D eigenvalue weighted by Crippen LogP contribution is 2.43. The minimum atomic E-state index is 0.289. The number of para-hydroxylation sites is 1. The zero-order valence-electron chi connectivity index (χ0n) is 12.2. The molecule has 1 saturated carbocycles. The summed E-state index contributed by atoms with van der Waals surface area (Å²) in [5.74, 6) is 0. The molecule has 1 aliphatic carbocycles. The van der Waals surface area contributed by atoms with Gasteiger partial charge in [-0.3, -0.25) is 10.3 Å². The van der Waals surface area contributed by atoms with E-state index < -0.39 is 0 Å². The van der Waals surface area contributed by atoms with E-state index in [1.165, 1.54) is 49.1 Å². The van der Waals surface area contributed by atoms with E-state index in [0.717, 1.165) is 6.54 Å². The monoisotopic (exact) mass is 269 g/mol. The van der Waals surface area contributed by atoms with Crippen LogP contribution in [-0.2, 0) is 0 Å². The van der Waals surface area contributed by atoms with Crippen molar-refractivity contribution >= 4 is 11.4 Å². The van der Waals surface area contributed by atoms with Crippen LogP contribution in [0.3, 0.4) is 0 Å². The topological polar surface area (TPSA) is 27.6 Å². The Labute approximate surface area is 121 Å². The van der Waals surface area contributed by atoms with Gasteiger partial charge >= 0.3 is 0 Å². The third kappa shape index (κ3) is 1.80. The molecule has 2 heterocycles. The maximum atomic E-state index is 5.16. The van der Waals surface area contributed by atoms with Crippen molar-refractivity contribution in [3.8, 4) is 0 Å². The highest BCUT2D eigenvalue weighted by atomic mass is 15.3. The fraction of sp³-hybridized carbons (Fsp3) is 0.588. The molecule has 0 radical (unpaired) electrons. The van der Waals surface area contributed by atoms with Gasteiger partial charge in [0, 0.05) is 24.0 Å². The van der Waals surface area contributed by atoms with Gasteiger partial charge in [-0.2, -0.15) is 0 Å². The van der Waals surface area contributed by atoms with Gasteiger partial charge in [-0.1, -0.05) is 31.5 Å². The first-order valence-electron chi connectivity index (χ1n) is 8.06. The summed E-state index contributed by atoms with van der Waals surface area (Å²) < 4.78 is 0. The Morgan fingerprint density at radius 3 is 3.10 bits per heavy atom. The van der Waals surface area contributed by atoms with Gasteiger partial charge in [-0.05, 0) is 37.3 Å². The third-order valence-corrected chi connectivity index (χ3v) is 4.92. The molecule has 0 spiro atoms. The van der Waals surface area contributed by atoms with Gasteiger partial charge in [0.15, 0.2) is 0 Å². The molecule has 3 unspecified atom stereocenters. The summed E-state index contributed by atoms with van der Waals surface area (Å²) in [6.45, 7) is 3.35. The number of benzene rings is 1. The predicted octanol–water partition coefficient (Wildman–Crippen LogP) is 3.27. The van der Waals surface area contributed by atoms with Crippen molar-refractivity contribution in [3.63, 3.8) is 0 Å². The number of anilines is 1. The van der Waals surface area contributed by atoms with Crippen LogP contribution in [0.4, 0.5) is 5.69 Å². The Morgan fingerprint density at radius 1 is 1.30 bits per heavy atom. The number of aliphatic imine (C=N–C) groups is 1. The standard InChI is InChI=1S/C17H23N3/c1-2-11-20-15-10-6-3-7-12(15)16-17(20)19-14-9-5-4-8-13(14)18-16/h3,6-7,10,13,16-18H,2,4-5,8-9,11H2,1H3. The molecule has 3 heteroatoms. The van der Waals surface area contributed by atoms with Gasteiger partial charge in [0.2, 0.25) is 0 Å². The molecule has 3 nitrogen and oxygen atoms in total. The van der Waals surface area contributed by atoms with Gasteiger partial charge in [0.1, 0.15) is 6.17 Å². The summed E-state index contributed by atoms with van der Waals surface area (Å²) in [4.78, 5) is 7.67. The molecule has 3 aliphatic rings. The Hall–Kier alpha value is -1.35. The molecule has 0 saturated heterocycles. The van der Waals surface area contributed by atoms with Crippen LogP contribution >= 0.6 is 0 Å². The number of fused-ring (bicyclic) bond motifs is 4. The summed E-state index contributed by atoms with van der Waals surface area (Å²) in [6.07, 6.45) is 6.57. The lowest BCUT2D eigenvalue weighted by Gasteiger charge is -2.38. The quantitative estimate of drug-likeness (QED) is 0.892. The second-order valence-corrected chi connectivity index (χ2v) is 6.23. The largest absolute Gasteiger partial charge is 0.348 e. The van der Waals surface area contributed by atoms with E-state index in [9.17, 15) is 0 Å². The molecular formula is C17H23N3. The van der Waals surface area contributed by atoms with Crippen molar-refractivity contribution in [1.82, 2.24) is 5.32 Å². The van der Waals surface area contributed by atoms with Gasteiger partial charge in [-0.15, -0.1) is 0 Å². The van der Waals surface area contributed by atoms with Crippen molar-refractivity contribution in [2.75, 3.05) is 11.4 Å². The zero-order chi connectivity index (χ0) is 13.5. The number of hydrogen-bond donors (Lipinski definition) is 1. The summed E-state index contributed by atoms with van der Waals surface area (Å²) >= 11 is 0. The Balaban J connectivity index is 1.75. The Kier molecular flexibility index (Phi) is 3.03. The second kappa shape index (κ2) is 4.88. The fourth-order valence-corrected chi connectivity index (χ4v) is 4.02. The summed E-state index contributed by atoms with van der Waals surface area (Å²) in [7, 11) is 0. The zero-order valence-corrected chi connectivity index (χ0v) is 12.2. The first-order chi connectivity index (χ1) is 9.88. The molecule has 1 aromatic rings. The van der Waals surface area contributed by atoms with Crippen LogP contribution in [0.2, 0.25) is 0 Å². The summed E-state index contributed by atoms with van der Waals surface area (Å²) in [5.41, 5.74) is 4.26. The molecule has 3 atom stereocenters. The highest BCUT2D eigenvalue weighted by molar-refractivity contribution is 5.91. The van der Waals surface area contributed by atoms with Gasteiger partial charge in [0.05, 0.1) is 6.04 Å². The number of rotatable bonds is 2. The molecule has 0 amide bonds. The minimum Gasteiger partial charge on any atom is -0.348 e. The van der Waals surface area contributed by atoms with Crippen LogP contribution in [-0.4, -0.2) is 24.5 Å². The summed E-state index contributed by atoms with van der Waals surface area (Å²) in [5, 5.41) is 3.89. The molecule has 0 bridgehead atoms. The second-order valence-electron chi connectivity index (χ2n) is 6.23. The number of nitrogens with zero attached hydrogens (tertiary/aromatic N) is 2. The van der Waals surface area contributed by atoms with Crippen molar-refractivity contribution in [1.29, 1.82) is 0 Å². The van der Waals surface area contributed by atoms with Crippen molar-refractivity contribution < 1.29 is 0 Å². The molecule has 106 valence electrons. The van der Waals surface area contributed by atoms with E-state index >= 15 is 0 Å². The molecule has 4 rings (SSSR count). The van der Waals surface area contributed by atoms with Crippen LogP contribution in [0.5, 0.6) is 0 Å². The van der Waals surface area contributed by atoms with E-state index in [1.54, 1.807) is 0 Å². The smallest absolute Gasteiger partial charge is 0.140 e. The average molecular weight is 269 g/mol. The van der Waals surface area contributed by atoms with Gasteiger partial charge < -0.3 is 4.90 Å². The lowest BCUT2D eigenvalue weighted by molar-refractivity contribution is 0.377. The molecule has 0 aromatic heterocycles. The predicted molar refractivity (Wildman–Crippen MR) is 83.4 cm³/mol.